The summed E-state index contributed by atoms with van der Waals surface area (Å²) in [6.07, 6.45) is 2.58. The lowest BCUT2D eigenvalue weighted by Crippen LogP contribution is -2.16. The average Bonchev–Trinajstić information content (AvgIpc) is 2.50. The van der Waals surface area contributed by atoms with E-state index in [1.165, 1.54) is 16.7 Å². The number of benzene rings is 2. The SMILES string of the molecule is Cc1ccc(CC(=O)c2cccc3c2CCCN3)cc1C. The molecule has 0 aliphatic carbocycles. The van der Waals surface area contributed by atoms with Crippen LogP contribution in [0, 0.1) is 13.8 Å². The lowest BCUT2D eigenvalue weighted by atomic mass is 9.92. The van der Waals surface area contributed by atoms with Crippen LogP contribution in [-0.2, 0) is 12.8 Å². The van der Waals surface area contributed by atoms with Crippen LogP contribution in [-0.4, -0.2) is 12.3 Å². The Hall–Kier alpha value is -2.09. The van der Waals surface area contributed by atoms with Gasteiger partial charge in [-0.15, -0.1) is 0 Å². The van der Waals surface area contributed by atoms with Crippen molar-refractivity contribution in [3.8, 4) is 0 Å². The van der Waals surface area contributed by atoms with E-state index in [0.29, 0.717) is 6.42 Å². The van der Waals surface area contributed by atoms with E-state index >= 15 is 0 Å². The molecule has 1 aliphatic rings. The van der Waals surface area contributed by atoms with E-state index in [-0.39, 0.29) is 5.78 Å². The first-order valence-electron chi connectivity index (χ1n) is 7.60. The van der Waals surface area contributed by atoms with Gasteiger partial charge in [0, 0.05) is 24.2 Å². The third kappa shape index (κ3) is 2.85. The van der Waals surface area contributed by atoms with E-state index in [0.717, 1.165) is 36.2 Å². The molecule has 1 aliphatic heterocycles. The zero-order chi connectivity index (χ0) is 14.8. The Morgan fingerprint density at radius 1 is 1.14 bits per heavy atom. The van der Waals surface area contributed by atoms with Gasteiger partial charge in [0.1, 0.15) is 0 Å². The molecule has 0 fully saturated rings. The fraction of sp³-hybridized carbons (Fsp3) is 0.316. The van der Waals surface area contributed by atoms with Crippen LogP contribution < -0.4 is 5.32 Å². The molecule has 2 nitrogen and oxygen atoms in total. The van der Waals surface area contributed by atoms with Gasteiger partial charge >= 0.3 is 0 Å². The van der Waals surface area contributed by atoms with Gasteiger partial charge in [0.15, 0.2) is 5.78 Å². The number of fused-ring (bicyclic) bond motifs is 1. The number of anilines is 1. The van der Waals surface area contributed by atoms with E-state index in [2.05, 4.69) is 43.4 Å². The van der Waals surface area contributed by atoms with Gasteiger partial charge in [-0.25, -0.2) is 0 Å². The summed E-state index contributed by atoms with van der Waals surface area (Å²) in [5.41, 5.74) is 6.83. The molecule has 0 unspecified atom stereocenters. The first-order valence-corrected chi connectivity index (χ1v) is 7.60. The molecule has 0 radical (unpaired) electrons. The summed E-state index contributed by atoms with van der Waals surface area (Å²) in [4.78, 5) is 12.7. The minimum Gasteiger partial charge on any atom is -0.385 e. The van der Waals surface area contributed by atoms with Crippen molar-refractivity contribution in [1.82, 2.24) is 0 Å². The van der Waals surface area contributed by atoms with E-state index in [1.807, 2.05) is 12.1 Å². The molecular weight excluding hydrogens is 258 g/mol. The first-order chi connectivity index (χ1) is 10.1. The topological polar surface area (TPSA) is 29.1 Å². The van der Waals surface area contributed by atoms with Crippen molar-refractivity contribution in [2.75, 3.05) is 11.9 Å². The summed E-state index contributed by atoms with van der Waals surface area (Å²) in [7, 11) is 0. The minimum atomic E-state index is 0.221. The smallest absolute Gasteiger partial charge is 0.167 e. The van der Waals surface area contributed by atoms with E-state index in [9.17, 15) is 4.79 Å². The van der Waals surface area contributed by atoms with Crippen LogP contribution in [0.5, 0.6) is 0 Å². The highest BCUT2D eigenvalue weighted by Gasteiger charge is 2.17. The number of aryl methyl sites for hydroxylation is 2. The van der Waals surface area contributed by atoms with Crippen LogP contribution in [0.4, 0.5) is 5.69 Å². The molecule has 0 amide bonds. The molecule has 0 saturated carbocycles. The number of hydrogen-bond donors (Lipinski definition) is 1. The maximum atomic E-state index is 12.7. The lowest BCUT2D eigenvalue weighted by Gasteiger charge is -2.20. The number of ketones is 1. The monoisotopic (exact) mass is 279 g/mol. The van der Waals surface area contributed by atoms with Gasteiger partial charge in [-0.3, -0.25) is 4.79 Å². The Bertz CT molecular complexity index is 688. The second-order valence-electron chi connectivity index (χ2n) is 5.88. The van der Waals surface area contributed by atoms with Gasteiger partial charge in [-0.05, 0) is 55.0 Å². The summed E-state index contributed by atoms with van der Waals surface area (Å²) in [6, 6.07) is 12.3. The van der Waals surface area contributed by atoms with Crippen LogP contribution in [0.1, 0.15) is 39.0 Å². The number of nitrogens with one attached hydrogen (secondary N) is 1. The number of Topliss-reactive ketones (excluding diaryl/α,β-unsaturated/α-hetero) is 1. The maximum Gasteiger partial charge on any atom is 0.167 e. The van der Waals surface area contributed by atoms with Crippen molar-refractivity contribution in [3.05, 3.63) is 64.2 Å². The Morgan fingerprint density at radius 2 is 2.00 bits per heavy atom. The molecular formula is C19H21NO. The Kier molecular flexibility index (Phi) is 3.78. The molecule has 2 aromatic carbocycles. The molecule has 0 aromatic heterocycles. The lowest BCUT2D eigenvalue weighted by molar-refractivity contribution is 0.0992. The standard InChI is InChI=1S/C19H21NO/c1-13-8-9-15(11-14(13)2)12-19(21)17-5-3-7-18-16(17)6-4-10-20-18/h3,5,7-9,11,20H,4,6,10,12H2,1-2H3. The van der Waals surface area contributed by atoms with Crippen molar-refractivity contribution in [3.63, 3.8) is 0 Å². The zero-order valence-electron chi connectivity index (χ0n) is 12.7. The number of carbonyl (C=O) groups excluding carboxylic acids is 1. The van der Waals surface area contributed by atoms with Crippen LogP contribution in [0.2, 0.25) is 0 Å². The summed E-state index contributed by atoms with van der Waals surface area (Å²) >= 11 is 0. The average molecular weight is 279 g/mol. The molecule has 2 aromatic rings. The molecule has 0 atom stereocenters. The second-order valence-corrected chi connectivity index (χ2v) is 5.88. The van der Waals surface area contributed by atoms with Crippen LogP contribution in [0.25, 0.3) is 0 Å². The highest BCUT2D eigenvalue weighted by molar-refractivity contribution is 6.00. The van der Waals surface area contributed by atoms with Crippen molar-refractivity contribution < 1.29 is 4.79 Å². The van der Waals surface area contributed by atoms with Crippen LogP contribution >= 0.6 is 0 Å². The normalized spacial score (nSPS) is 13.4. The molecule has 0 spiro atoms. The second kappa shape index (κ2) is 5.72. The van der Waals surface area contributed by atoms with Gasteiger partial charge in [0.2, 0.25) is 0 Å². The summed E-state index contributed by atoms with van der Waals surface area (Å²) in [6.45, 7) is 5.19. The fourth-order valence-corrected chi connectivity index (χ4v) is 2.97. The van der Waals surface area contributed by atoms with E-state index < -0.39 is 0 Å². The van der Waals surface area contributed by atoms with E-state index in [1.54, 1.807) is 0 Å². The molecule has 2 heteroatoms. The predicted molar refractivity (Wildman–Crippen MR) is 87.2 cm³/mol. The predicted octanol–water partition coefficient (Wildman–Crippen LogP) is 4.09. The van der Waals surface area contributed by atoms with Gasteiger partial charge < -0.3 is 5.32 Å². The van der Waals surface area contributed by atoms with Gasteiger partial charge in [0.25, 0.3) is 0 Å². The van der Waals surface area contributed by atoms with Crippen LogP contribution in [0.15, 0.2) is 36.4 Å². The molecule has 1 heterocycles. The molecule has 3 rings (SSSR count). The Labute approximate surface area is 126 Å². The molecule has 0 saturated heterocycles. The van der Waals surface area contributed by atoms with Gasteiger partial charge in [-0.1, -0.05) is 30.3 Å². The fourth-order valence-electron chi connectivity index (χ4n) is 2.97. The van der Waals surface area contributed by atoms with Gasteiger partial charge in [0.05, 0.1) is 0 Å². The minimum absolute atomic E-state index is 0.221. The third-order valence-electron chi connectivity index (χ3n) is 4.33. The van der Waals surface area contributed by atoms with Crippen molar-refractivity contribution >= 4 is 11.5 Å². The Balaban J connectivity index is 1.87. The van der Waals surface area contributed by atoms with Crippen molar-refractivity contribution in [1.29, 1.82) is 0 Å². The molecule has 21 heavy (non-hydrogen) atoms. The zero-order valence-corrected chi connectivity index (χ0v) is 12.7. The summed E-state index contributed by atoms with van der Waals surface area (Å²) in [5.74, 6) is 0.221. The maximum absolute atomic E-state index is 12.7. The Morgan fingerprint density at radius 3 is 2.81 bits per heavy atom. The largest absolute Gasteiger partial charge is 0.385 e. The third-order valence-corrected chi connectivity index (χ3v) is 4.33. The summed E-state index contributed by atoms with van der Waals surface area (Å²) < 4.78 is 0. The van der Waals surface area contributed by atoms with E-state index in [4.69, 9.17) is 0 Å². The molecule has 108 valence electrons. The quantitative estimate of drug-likeness (QED) is 0.857. The van der Waals surface area contributed by atoms with Crippen LogP contribution in [0.3, 0.4) is 0 Å². The van der Waals surface area contributed by atoms with Crippen molar-refractivity contribution in [2.45, 2.75) is 33.1 Å². The molecule has 1 N–H and O–H groups in total. The number of hydrogen-bond acceptors (Lipinski definition) is 2. The number of rotatable bonds is 3. The van der Waals surface area contributed by atoms with Crippen molar-refractivity contribution in [2.24, 2.45) is 0 Å². The summed E-state index contributed by atoms with van der Waals surface area (Å²) in [5, 5.41) is 3.39. The first kappa shape index (κ1) is 13.9. The molecule has 0 bridgehead atoms. The number of carbonyl (C=O) groups is 1. The van der Waals surface area contributed by atoms with Gasteiger partial charge in [-0.2, -0.15) is 0 Å². The highest BCUT2D eigenvalue weighted by atomic mass is 16.1. The highest BCUT2D eigenvalue weighted by Crippen LogP contribution is 2.26.